The molecule has 0 amide bonds. The second-order valence-electron chi connectivity index (χ2n) is 7.08. The molecule has 27 heavy (non-hydrogen) atoms. The molecule has 0 fully saturated rings. The van der Waals surface area contributed by atoms with Gasteiger partial charge in [0.15, 0.2) is 0 Å². The first-order valence-electron chi connectivity index (χ1n) is 9.72. The number of para-hydroxylation sites is 1. The van der Waals surface area contributed by atoms with Gasteiger partial charge in [0.1, 0.15) is 11.5 Å². The van der Waals surface area contributed by atoms with E-state index in [0.29, 0.717) is 17.4 Å². The van der Waals surface area contributed by atoms with Gasteiger partial charge in [-0.3, -0.25) is 4.89 Å². The largest absolute Gasteiger partial charge is 0.584 e. The summed E-state index contributed by atoms with van der Waals surface area (Å²) in [5.74, 6) is 1.36. The Hall–Kier alpha value is -1.77. The second kappa shape index (κ2) is 9.96. The highest BCUT2D eigenvalue weighted by atomic mass is 31.2. The minimum atomic E-state index is -4.27. The van der Waals surface area contributed by atoms with Crippen molar-refractivity contribution < 1.29 is 18.5 Å². The van der Waals surface area contributed by atoms with Gasteiger partial charge in [-0.25, -0.2) is 4.57 Å². The Morgan fingerprint density at radius 1 is 1.00 bits per heavy atom. The van der Waals surface area contributed by atoms with Crippen molar-refractivity contribution in [3.63, 3.8) is 0 Å². The topological polar surface area (TPSA) is 55.8 Å². The third-order valence-electron chi connectivity index (χ3n) is 4.97. The molecule has 0 spiro atoms. The summed E-state index contributed by atoms with van der Waals surface area (Å²) in [5, 5.41) is 0. The van der Waals surface area contributed by atoms with Crippen LogP contribution in [0.4, 0.5) is 0 Å². The van der Waals surface area contributed by atoms with Crippen LogP contribution in [0.25, 0.3) is 0 Å². The lowest BCUT2D eigenvalue weighted by atomic mass is 9.90. The van der Waals surface area contributed by atoms with Crippen molar-refractivity contribution >= 4 is 7.82 Å². The molecular weight excluding hydrogens is 359 g/mol. The number of unbranched alkanes of at least 4 members (excludes halogenated alkanes) is 1. The molecule has 148 valence electrons. The number of hydrogen-bond acceptors (Lipinski definition) is 3. The predicted molar refractivity (Wildman–Crippen MR) is 110 cm³/mol. The highest BCUT2D eigenvalue weighted by Gasteiger charge is 2.27. The van der Waals surface area contributed by atoms with Crippen molar-refractivity contribution in [1.82, 2.24) is 0 Å². The summed E-state index contributed by atoms with van der Waals surface area (Å²) in [5.41, 5.74) is 2.84. The first kappa shape index (κ1) is 21.5. The van der Waals surface area contributed by atoms with Gasteiger partial charge in [0.25, 0.3) is 0 Å². The third-order valence-corrected chi connectivity index (χ3v) is 5.82. The van der Waals surface area contributed by atoms with E-state index in [-0.39, 0.29) is 0 Å². The van der Waals surface area contributed by atoms with E-state index in [1.807, 2.05) is 32.0 Å². The van der Waals surface area contributed by atoms with Gasteiger partial charge >= 0.3 is 7.82 Å². The Morgan fingerprint density at radius 2 is 1.67 bits per heavy atom. The van der Waals surface area contributed by atoms with E-state index in [9.17, 15) is 9.46 Å². The molecule has 2 unspecified atom stereocenters. The predicted octanol–water partition coefficient (Wildman–Crippen LogP) is 6.62. The molecule has 0 aromatic heterocycles. The fourth-order valence-corrected chi connectivity index (χ4v) is 4.10. The van der Waals surface area contributed by atoms with E-state index in [1.54, 1.807) is 18.2 Å². The van der Waals surface area contributed by atoms with Crippen molar-refractivity contribution in [3.05, 3.63) is 59.2 Å². The fraction of sp³-hybridized carbons (Fsp3) is 0.455. The Morgan fingerprint density at radius 3 is 2.33 bits per heavy atom. The molecule has 2 aromatic rings. The van der Waals surface area contributed by atoms with E-state index in [2.05, 4.69) is 19.9 Å². The van der Waals surface area contributed by atoms with Crippen molar-refractivity contribution in [3.8, 4) is 11.5 Å². The number of rotatable bonds is 10. The summed E-state index contributed by atoms with van der Waals surface area (Å²) in [4.78, 5) is 10.2. The van der Waals surface area contributed by atoms with Crippen LogP contribution < -0.4 is 9.05 Å². The number of aryl methyl sites for hydroxylation is 1. The van der Waals surface area contributed by atoms with Gasteiger partial charge in [0, 0.05) is 0 Å². The van der Waals surface area contributed by atoms with Crippen LogP contribution in [0, 0.1) is 19.8 Å². The van der Waals surface area contributed by atoms with Gasteiger partial charge in [0.2, 0.25) is 0 Å². The quantitative estimate of drug-likeness (QED) is 0.463. The van der Waals surface area contributed by atoms with Gasteiger partial charge in [0.05, 0.1) is 0 Å². The zero-order chi connectivity index (χ0) is 19.9. The monoisotopic (exact) mass is 390 g/mol. The maximum atomic E-state index is 12.5. The first-order valence-corrected chi connectivity index (χ1v) is 11.2. The molecular formula is C22H31O4P. The molecule has 0 bridgehead atoms. The standard InChI is InChI=1S/C22H31O4P/c1-5-7-12-19(6-2)16-20-13-10-15-22(18(20)4)26-27(23,24)25-21-14-9-8-11-17(21)3/h8-11,13-15,19H,5-7,12,16H2,1-4H3,(H,23,24). The highest BCUT2D eigenvalue weighted by molar-refractivity contribution is 7.48. The maximum Gasteiger partial charge on any atom is 0.584 e. The molecule has 0 saturated heterocycles. The SMILES string of the molecule is CCCCC(CC)Cc1cccc(OP(=O)(O)Oc2ccccc2C)c1C. The van der Waals surface area contributed by atoms with E-state index in [4.69, 9.17) is 9.05 Å². The van der Waals surface area contributed by atoms with Crippen LogP contribution >= 0.6 is 7.82 Å². The number of hydrogen-bond donors (Lipinski definition) is 1. The van der Waals surface area contributed by atoms with E-state index >= 15 is 0 Å². The Kier molecular flexibility index (Phi) is 7.94. The summed E-state index contributed by atoms with van der Waals surface area (Å²) in [6.07, 6.45) is 5.70. The second-order valence-corrected chi connectivity index (χ2v) is 8.38. The van der Waals surface area contributed by atoms with Gasteiger partial charge in [-0.15, -0.1) is 0 Å². The van der Waals surface area contributed by atoms with Gasteiger partial charge in [-0.05, 0) is 55.0 Å². The van der Waals surface area contributed by atoms with Crippen molar-refractivity contribution in [2.75, 3.05) is 0 Å². The maximum absolute atomic E-state index is 12.5. The van der Waals surface area contributed by atoms with Crippen LogP contribution in [0.3, 0.4) is 0 Å². The highest BCUT2D eigenvalue weighted by Crippen LogP contribution is 2.46. The minimum absolute atomic E-state index is 0.350. The summed E-state index contributed by atoms with van der Waals surface area (Å²) in [7, 11) is -4.27. The molecule has 0 radical (unpaired) electrons. The molecule has 0 aliphatic heterocycles. The van der Waals surface area contributed by atoms with E-state index in [0.717, 1.165) is 29.5 Å². The molecule has 0 saturated carbocycles. The molecule has 2 aromatic carbocycles. The van der Waals surface area contributed by atoms with E-state index < -0.39 is 7.82 Å². The number of phosphoric acid groups is 1. The van der Waals surface area contributed by atoms with Crippen molar-refractivity contribution in [2.45, 2.75) is 59.8 Å². The summed E-state index contributed by atoms with van der Waals surface area (Å²) < 4.78 is 23.2. The summed E-state index contributed by atoms with van der Waals surface area (Å²) in [6.45, 7) is 8.18. The average Bonchev–Trinajstić information content (AvgIpc) is 2.63. The van der Waals surface area contributed by atoms with Crippen molar-refractivity contribution in [1.29, 1.82) is 0 Å². The summed E-state index contributed by atoms with van der Waals surface area (Å²) >= 11 is 0. The molecule has 0 aliphatic carbocycles. The average molecular weight is 390 g/mol. The van der Waals surface area contributed by atoms with Crippen LogP contribution in [-0.4, -0.2) is 4.89 Å². The normalized spacial score (nSPS) is 14.4. The molecule has 0 aliphatic rings. The van der Waals surface area contributed by atoms with Crippen LogP contribution in [0.1, 0.15) is 56.2 Å². The summed E-state index contributed by atoms with van der Waals surface area (Å²) in [6, 6.07) is 12.7. The van der Waals surface area contributed by atoms with Crippen LogP contribution in [0.2, 0.25) is 0 Å². The van der Waals surface area contributed by atoms with Crippen molar-refractivity contribution in [2.24, 2.45) is 5.92 Å². The van der Waals surface area contributed by atoms with Crippen LogP contribution in [0.15, 0.2) is 42.5 Å². The van der Waals surface area contributed by atoms with Gasteiger partial charge < -0.3 is 9.05 Å². The lowest BCUT2D eigenvalue weighted by Crippen LogP contribution is -2.06. The number of phosphoric ester groups is 1. The zero-order valence-corrected chi connectivity index (χ0v) is 17.7. The van der Waals surface area contributed by atoms with Gasteiger partial charge in [-0.2, -0.15) is 0 Å². The fourth-order valence-electron chi connectivity index (χ4n) is 3.16. The Labute approximate surface area is 163 Å². The van der Waals surface area contributed by atoms with Crippen LogP contribution in [-0.2, 0) is 11.0 Å². The molecule has 2 atom stereocenters. The molecule has 4 nitrogen and oxygen atoms in total. The molecule has 2 rings (SSSR count). The van der Waals surface area contributed by atoms with Gasteiger partial charge in [-0.1, -0.05) is 69.9 Å². The lowest BCUT2D eigenvalue weighted by molar-refractivity contribution is 0.289. The third kappa shape index (κ3) is 6.41. The minimum Gasteiger partial charge on any atom is -0.395 e. The molecule has 1 N–H and O–H groups in total. The Bertz CT molecular complexity index is 788. The first-order chi connectivity index (χ1) is 12.9. The Balaban J connectivity index is 2.14. The lowest BCUT2D eigenvalue weighted by Gasteiger charge is -2.19. The van der Waals surface area contributed by atoms with Crippen LogP contribution in [0.5, 0.6) is 11.5 Å². The molecule has 5 heteroatoms. The molecule has 0 heterocycles. The number of benzene rings is 2. The smallest absolute Gasteiger partial charge is 0.395 e. The van der Waals surface area contributed by atoms with E-state index in [1.165, 1.54) is 19.3 Å². The zero-order valence-electron chi connectivity index (χ0n) is 16.8.